The highest BCUT2D eigenvalue weighted by atomic mass is 16.2. The fourth-order valence-electron chi connectivity index (χ4n) is 3.97. The van der Waals surface area contributed by atoms with Gasteiger partial charge in [0.05, 0.1) is 0 Å². The molecule has 21 heavy (non-hydrogen) atoms. The zero-order valence-corrected chi connectivity index (χ0v) is 12.4. The van der Waals surface area contributed by atoms with Gasteiger partial charge in [-0.15, -0.1) is 0 Å². The number of nitrogens with zero attached hydrogens (tertiary/aromatic N) is 1. The molecule has 0 bridgehead atoms. The number of hydrogen-bond acceptors (Lipinski definition) is 1. The van der Waals surface area contributed by atoms with Crippen molar-refractivity contribution in [3.05, 3.63) is 35.5 Å². The second kappa shape index (κ2) is 5.21. The molecule has 1 saturated carbocycles. The molecule has 3 nitrogen and oxygen atoms in total. The van der Waals surface area contributed by atoms with Crippen molar-refractivity contribution in [1.82, 2.24) is 9.88 Å². The monoisotopic (exact) mass is 282 g/mol. The van der Waals surface area contributed by atoms with Crippen molar-refractivity contribution in [3.8, 4) is 0 Å². The van der Waals surface area contributed by atoms with Crippen LogP contribution >= 0.6 is 0 Å². The SMILES string of the molecule is O=C(CC1CCCC1)N1CCc2[nH]c3ccccc3c2C1. The molecule has 1 aliphatic heterocycles. The van der Waals surface area contributed by atoms with Gasteiger partial charge in [-0.2, -0.15) is 0 Å². The van der Waals surface area contributed by atoms with Crippen molar-refractivity contribution in [2.45, 2.75) is 45.1 Å². The topological polar surface area (TPSA) is 36.1 Å². The van der Waals surface area contributed by atoms with Crippen LogP contribution in [0.2, 0.25) is 0 Å². The van der Waals surface area contributed by atoms with Gasteiger partial charge < -0.3 is 9.88 Å². The van der Waals surface area contributed by atoms with Crippen LogP contribution in [0, 0.1) is 5.92 Å². The fraction of sp³-hybridized carbons (Fsp3) is 0.500. The highest BCUT2D eigenvalue weighted by molar-refractivity contribution is 5.86. The van der Waals surface area contributed by atoms with Crippen LogP contribution in [-0.4, -0.2) is 22.3 Å². The Kier molecular flexibility index (Phi) is 3.21. The second-order valence-electron chi connectivity index (χ2n) is 6.55. The lowest BCUT2D eigenvalue weighted by Crippen LogP contribution is -2.36. The van der Waals surface area contributed by atoms with Crippen LogP contribution in [0.4, 0.5) is 0 Å². The third kappa shape index (κ3) is 2.35. The van der Waals surface area contributed by atoms with E-state index in [1.165, 1.54) is 47.8 Å². The molecule has 2 heterocycles. The molecule has 1 fully saturated rings. The van der Waals surface area contributed by atoms with E-state index < -0.39 is 0 Å². The Hall–Kier alpha value is -1.77. The predicted molar refractivity (Wildman–Crippen MR) is 84.0 cm³/mol. The molecule has 4 rings (SSSR count). The smallest absolute Gasteiger partial charge is 0.223 e. The van der Waals surface area contributed by atoms with Crippen LogP contribution in [0.1, 0.15) is 43.4 Å². The minimum absolute atomic E-state index is 0.359. The van der Waals surface area contributed by atoms with E-state index >= 15 is 0 Å². The molecule has 110 valence electrons. The first-order valence-corrected chi connectivity index (χ1v) is 8.17. The summed E-state index contributed by atoms with van der Waals surface area (Å²) in [6.45, 7) is 1.65. The quantitative estimate of drug-likeness (QED) is 0.897. The Bertz CT molecular complexity index is 667. The molecule has 2 aromatic rings. The number of aromatic amines is 1. The van der Waals surface area contributed by atoms with Gasteiger partial charge in [0.25, 0.3) is 0 Å². The van der Waals surface area contributed by atoms with E-state index in [4.69, 9.17) is 0 Å². The Balaban J connectivity index is 1.54. The van der Waals surface area contributed by atoms with Gasteiger partial charge in [-0.1, -0.05) is 31.0 Å². The standard InChI is InChI=1S/C18H22N2O/c21-18(11-13-5-1-2-6-13)20-10-9-17-15(12-20)14-7-3-4-8-16(14)19-17/h3-4,7-8,13,19H,1-2,5-6,9-12H2. The van der Waals surface area contributed by atoms with E-state index in [0.29, 0.717) is 11.8 Å². The minimum atomic E-state index is 0.359. The normalized spacial score (nSPS) is 19.1. The predicted octanol–water partition coefficient (Wildman–Crippen LogP) is 3.63. The number of H-pyrrole nitrogens is 1. The number of amides is 1. The summed E-state index contributed by atoms with van der Waals surface area (Å²) in [5, 5.41) is 1.28. The molecular formula is C18H22N2O. The van der Waals surface area contributed by atoms with Crippen molar-refractivity contribution >= 4 is 16.8 Å². The van der Waals surface area contributed by atoms with Crippen molar-refractivity contribution < 1.29 is 4.79 Å². The Morgan fingerprint density at radius 1 is 1.24 bits per heavy atom. The Morgan fingerprint density at radius 3 is 2.90 bits per heavy atom. The van der Waals surface area contributed by atoms with Crippen LogP contribution in [-0.2, 0) is 17.8 Å². The number of carbonyl (C=O) groups is 1. The number of carbonyl (C=O) groups excluding carboxylic acids is 1. The highest BCUT2D eigenvalue weighted by Crippen LogP contribution is 2.31. The van der Waals surface area contributed by atoms with E-state index in [1.54, 1.807) is 0 Å². The van der Waals surface area contributed by atoms with Gasteiger partial charge in [0.15, 0.2) is 0 Å². The molecule has 3 heteroatoms. The van der Waals surface area contributed by atoms with E-state index in [0.717, 1.165) is 25.9 Å². The van der Waals surface area contributed by atoms with Crippen LogP contribution in [0.15, 0.2) is 24.3 Å². The first-order valence-electron chi connectivity index (χ1n) is 8.17. The van der Waals surface area contributed by atoms with Crippen molar-refractivity contribution in [2.24, 2.45) is 5.92 Å². The summed E-state index contributed by atoms with van der Waals surface area (Å²) in [6, 6.07) is 8.43. The zero-order chi connectivity index (χ0) is 14.2. The van der Waals surface area contributed by atoms with Gasteiger partial charge in [0.2, 0.25) is 5.91 Å². The molecule has 0 saturated heterocycles. The summed E-state index contributed by atoms with van der Waals surface area (Å²) in [5.41, 5.74) is 3.85. The molecule has 0 unspecified atom stereocenters. The number of aromatic nitrogens is 1. The lowest BCUT2D eigenvalue weighted by atomic mass is 10.0. The summed E-state index contributed by atoms with van der Waals surface area (Å²) >= 11 is 0. The zero-order valence-electron chi connectivity index (χ0n) is 12.4. The molecule has 0 radical (unpaired) electrons. The van der Waals surface area contributed by atoms with Crippen molar-refractivity contribution in [1.29, 1.82) is 0 Å². The highest BCUT2D eigenvalue weighted by Gasteiger charge is 2.26. The minimum Gasteiger partial charge on any atom is -0.358 e. The molecule has 1 aromatic carbocycles. The van der Waals surface area contributed by atoms with Crippen LogP contribution < -0.4 is 0 Å². The largest absolute Gasteiger partial charge is 0.358 e. The van der Waals surface area contributed by atoms with E-state index in [9.17, 15) is 4.79 Å². The molecule has 0 spiro atoms. The number of hydrogen-bond donors (Lipinski definition) is 1. The van der Waals surface area contributed by atoms with Gasteiger partial charge in [-0.05, 0) is 24.8 Å². The average molecular weight is 282 g/mol. The molecular weight excluding hydrogens is 260 g/mol. The maximum Gasteiger partial charge on any atom is 0.223 e. The maximum atomic E-state index is 12.5. The molecule has 1 aliphatic carbocycles. The fourth-order valence-corrected chi connectivity index (χ4v) is 3.97. The summed E-state index contributed by atoms with van der Waals surface area (Å²) < 4.78 is 0. The molecule has 1 aromatic heterocycles. The van der Waals surface area contributed by atoms with Crippen molar-refractivity contribution in [3.63, 3.8) is 0 Å². The van der Waals surface area contributed by atoms with Gasteiger partial charge >= 0.3 is 0 Å². The lowest BCUT2D eigenvalue weighted by molar-refractivity contribution is -0.133. The van der Waals surface area contributed by atoms with Crippen LogP contribution in [0.3, 0.4) is 0 Å². The maximum absolute atomic E-state index is 12.5. The number of benzene rings is 1. The summed E-state index contributed by atoms with van der Waals surface area (Å²) in [7, 11) is 0. The van der Waals surface area contributed by atoms with Gasteiger partial charge in [-0.25, -0.2) is 0 Å². The third-order valence-electron chi connectivity index (χ3n) is 5.17. The van der Waals surface area contributed by atoms with Crippen LogP contribution in [0.5, 0.6) is 0 Å². The molecule has 1 amide bonds. The average Bonchev–Trinajstić information content (AvgIpc) is 3.13. The number of para-hydroxylation sites is 1. The van der Waals surface area contributed by atoms with Crippen LogP contribution in [0.25, 0.3) is 10.9 Å². The van der Waals surface area contributed by atoms with Gasteiger partial charge in [0.1, 0.15) is 0 Å². The Morgan fingerprint density at radius 2 is 2.05 bits per heavy atom. The lowest BCUT2D eigenvalue weighted by Gasteiger charge is -2.28. The van der Waals surface area contributed by atoms with E-state index in [1.807, 2.05) is 0 Å². The van der Waals surface area contributed by atoms with Crippen molar-refractivity contribution in [2.75, 3.05) is 6.54 Å². The van der Waals surface area contributed by atoms with E-state index in [2.05, 4.69) is 34.1 Å². The van der Waals surface area contributed by atoms with E-state index in [-0.39, 0.29) is 0 Å². The number of nitrogens with one attached hydrogen (secondary N) is 1. The summed E-state index contributed by atoms with van der Waals surface area (Å²) in [4.78, 5) is 18.1. The number of fused-ring (bicyclic) bond motifs is 3. The molecule has 0 atom stereocenters. The van der Waals surface area contributed by atoms with Gasteiger partial charge in [-0.3, -0.25) is 4.79 Å². The second-order valence-corrected chi connectivity index (χ2v) is 6.55. The molecule has 2 aliphatic rings. The first kappa shape index (κ1) is 12.9. The third-order valence-corrected chi connectivity index (χ3v) is 5.17. The summed E-state index contributed by atoms with van der Waals surface area (Å²) in [6.07, 6.45) is 6.84. The summed E-state index contributed by atoms with van der Waals surface area (Å²) in [5.74, 6) is 1.000. The van der Waals surface area contributed by atoms with Gasteiger partial charge in [0, 0.05) is 48.1 Å². The number of rotatable bonds is 2. The Labute approximate surface area is 125 Å². The first-order chi connectivity index (χ1) is 10.3. The molecule has 1 N–H and O–H groups in total.